The van der Waals surface area contributed by atoms with E-state index < -0.39 is 0 Å². The highest BCUT2D eigenvalue weighted by molar-refractivity contribution is 5.72. The van der Waals surface area contributed by atoms with E-state index in [0.717, 1.165) is 147 Å². The molecule has 0 bridgehead atoms. The minimum Gasteiger partial charge on any atom is -0.465 e. The fraction of sp³-hybridized carbons (Fsp3) is 0.714. The van der Waals surface area contributed by atoms with Crippen molar-refractivity contribution in [1.82, 2.24) is 14.9 Å². The minimum absolute atomic E-state index is 0.0448. The van der Waals surface area contributed by atoms with Crippen LogP contribution in [-0.2, 0) is 38.7 Å². The molecule has 0 fully saturated rings. The van der Waals surface area contributed by atoms with Gasteiger partial charge in [-0.25, -0.2) is 0 Å². The number of pyridine rings is 2. The van der Waals surface area contributed by atoms with Crippen molar-refractivity contribution in [3.8, 4) is 0 Å². The summed E-state index contributed by atoms with van der Waals surface area (Å²) in [5.41, 5.74) is 4.66. The van der Waals surface area contributed by atoms with Gasteiger partial charge in [-0.2, -0.15) is 0 Å². The smallest absolute Gasteiger partial charge is 0.308 e. The molecule has 0 N–H and O–H groups in total. The van der Waals surface area contributed by atoms with Crippen LogP contribution in [0.2, 0.25) is 0 Å². The van der Waals surface area contributed by atoms with Gasteiger partial charge in [0, 0.05) is 50.8 Å². The summed E-state index contributed by atoms with van der Waals surface area (Å²) >= 11 is 0. The van der Waals surface area contributed by atoms with Gasteiger partial charge < -0.3 is 14.4 Å². The normalized spacial score (nSPS) is 12.3. The Bertz CT molecular complexity index is 1590. The molecule has 0 aliphatic carbocycles. The summed E-state index contributed by atoms with van der Waals surface area (Å²) in [4.78, 5) is 40.9. The van der Waals surface area contributed by atoms with Crippen molar-refractivity contribution in [2.45, 2.75) is 253 Å². The molecule has 0 radical (unpaired) electrons. The largest absolute Gasteiger partial charge is 0.465 e. The average Bonchev–Trinajstić information content (AvgIpc) is 3.38. The number of hydrogen-bond acceptors (Lipinski definition) is 8. The van der Waals surface area contributed by atoms with Crippen molar-refractivity contribution in [3.63, 3.8) is 0 Å². The van der Waals surface area contributed by atoms with E-state index >= 15 is 0 Å². The lowest BCUT2D eigenvalue weighted by molar-refractivity contribution is -0.150. The van der Waals surface area contributed by atoms with Gasteiger partial charge in [0.1, 0.15) is 0 Å². The molecule has 3 rings (SSSR count). The van der Waals surface area contributed by atoms with Crippen LogP contribution in [0.3, 0.4) is 0 Å². The lowest BCUT2D eigenvalue weighted by Gasteiger charge is -2.27. The molecule has 3 aromatic rings. The Labute approximate surface area is 435 Å². The van der Waals surface area contributed by atoms with E-state index in [1.807, 2.05) is 24.5 Å². The number of hydrogen-bond donors (Lipinski definition) is 0. The average molecular weight is 982 g/mol. The molecular formula is C63H104N4O4. The summed E-state index contributed by atoms with van der Waals surface area (Å²) < 4.78 is 11.9. The van der Waals surface area contributed by atoms with Crippen molar-refractivity contribution in [2.24, 2.45) is 11.8 Å². The second kappa shape index (κ2) is 42.7. The Morgan fingerprint density at radius 1 is 0.437 bits per heavy atom. The van der Waals surface area contributed by atoms with Gasteiger partial charge in [0.05, 0.1) is 36.4 Å². The predicted octanol–water partition coefficient (Wildman–Crippen LogP) is 17.4. The van der Waals surface area contributed by atoms with Crippen molar-refractivity contribution < 1.29 is 19.1 Å². The first-order valence-corrected chi connectivity index (χ1v) is 29.7. The number of carbonyl (C=O) groups excluding carboxylic acids is 2. The summed E-state index contributed by atoms with van der Waals surface area (Å²) in [5, 5.41) is 0. The van der Waals surface area contributed by atoms with Gasteiger partial charge in [0.15, 0.2) is 0 Å². The van der Waals surface area contributed by atoms with Gasteiger partial charge in [-0.1, -0.05) is 193 Å². The molecule has 2 heterocycles. The first-order chi connectivity index (χ1) is 35.0. The van der Waals surface area contributed by atoms with Crippen molar-refractivity contribution >= 4 is 17.6 Å². The molecule has 0 aliphatic heterocycles. The zero-order valence-electron chi connectivity index (χ0n) is 46.1. The molecule has 1 aromatic carbocycles. The fourth-order valence-corrected chi connectivity index (χ4v) is 9.92. The maximum atomic E-state index is 13.3. The van der Waals surface area contributed by atoms with Gasteiger partial charge in [0.2, 0.25) is 0 Å². The molecule has 2 aromatic heterocycles. The van der Waals surface area contributed by atoms with Crippen LogP contribution in [0.15, 0.2) is 73.1 Å². The Hall–Kier alpha value is -3.78. The van der Waals surface area contributed by atoms with Crippen LogP contribution < -0.4 is 4.90 Å². The van der Waals surface area contributed by atoms with Crippen LogP contribution in [0.4, 0.5) is 5.69 Å². The number of anilines is 1. The second-order valence-corrected chi connectivity index (χ2v) is 20.8. The molecule has 0 amide bonds. The summed E-state index contributed by atoms with van der Waals surface area (Å²) in [7, 11) is 0. The first kappa shape index (κ1) is 61.5. The highest BCUT2D eigenvalue weighted by atomic mass is 16.5. The lowest BCUT2D eigenvalue weighted by Crippen LogP contribution is -2.26. The van der Waals surface area contributed by atoms with E-state index in [9.17, 15) is 9.59 Å². The summed E-state index contributed by atoms with van der Waals surface area (Å²) in [6.07, 6.45) is 40.7. The molecule has 2 unspecified atom stereocenters. The number of nitrogens with zero attached hydrogens (tertiary/aromatic N) is 4. The number of benzene rings is 1. The van der Waals surface area contributed by atoms with E-state index in [4.69, 9.17) is 9.47 Å². The van der Waals surface area contributed by atoms with E-state index in [2.05, 4.69) is 96.0 Å². The van der Waals surface area contributed by atoms with Crippen LogP contribution in [0.1, 0.15) is 250 Å². The molecule has 8 heteroatoms. The quantitative estimate of drug-likeness (QED) is 0.0409. The van der Waals surface area contributed by atoms with Crippen LogP contribution in [0.5, 0.6) is 0 Å². The third kappa shape index (κ3) is 30.8. The molecule has 0 saturated heterocycles. The highest BCUT2D eigenvalue weighted by Gasteiger charge is 2.21. The number of ether oxygens (including phenoxy) is 2. The Kier molecular flexibility index (Phi) is 37.0. The molecule has 8 nitrogen and oxygen atoms in total. The third-order valence-corrected chi connectivity index (χ3v) is 14.3. The molecule has 400 valence electrons. The first-order valence-electron chi connectivity index (χ1n) is 29.7. The third-order valence-electron chi connectivity index (χ3n) is 14.3. The molecule has 0 saturated carbocycles. The number of esters is 2. The zero-order valence-corrected chi connectivity index (χ0v) is 46.1. The van der Waals surface area contributed by atoms with Crippen molar-refractivity contribution in [1.29, 1.82) is 0 Å². The molecular weight excluding hydrogens is 877 g/mol. The highest BCUT2D eigenvalue weighted by Crippen LogP contribution is 2.24. The SMILES string of the molecule is CCCCCCCCC(CCCCCC)C(=O)OCCCCCCN(CCCCCCOC(=O)C(CCCCCC)CCCCCCCC)c1cccc(CN(Cc2ccccn2)Cc2ccccn2)c1. The summed E-state index contributed by atoms with van der Waals surface area (Å²) in [6.45, 7) is 14.3. The van der Waals surface area contributed by atoms with Crippen LogP contribution >= 0.6 is 0 Å². The summed E-state index contributed by atoms with van der Waals surface area (Å²) in [5.74, 6) is 0.213. The Morgan fingerprint density at radius 2 is 0.831 bits per heavy atom. The molecule has 0 spiro atoms. The second-order valence-electron chi connectivity index (χ2n) is 20.8. The fourth-order valence-electron chi connectivity index (χ4n) is 9.92. The zero-order chi connectivity index (χ0) is 50.7. The number of aromatic nitrogens is 2. The van der Waals surface area contributed by atoms with Crippen LogP contribution in [-0.4, -0.2) is 53.1 Å². The van der Waals surface area contributed by atoms with Gasteiger partial charge in [0.25, 0.3) is 0 Å². The maximum Gasteiger partial charge on any atom is 0.308 e. The van der Waals surface area contributed by atoms with Crippen molar-refractivity contribution in [3.05, 3.63) is 90.0 Å². The number of unbranched alkanes of at least 4 members (excludes halogenated alkanes) is 22. The van der Waals surface area contributed by atoms with E-state index in [-0.39, 0.29) is 23.8 Å². The van der Waals surface area contributed by atoms with E-state index in [0.29, 0.717) is 13.2 Å². The van der Waals surface area contributed by atoms with Gasteiger partial charge in [-0.05, 0) is 106 Å². The van der Waals surface area contributed by atoms with Gasteiger partial charge in [-0.15, -0.1) is 0 Å². The lowest BCUT2D eigenvalue weighted by atomic mass is 9.94. The van der Waals surface area contributed by atoms with E-state index in [1.54, 1.807) is 0 Å². The Balaban J connectivity index is 1.56. The molecule has 2 atom stereocenters. The van der Waals surface area contributed by atoms with Gasteiger partial charge in [-0.3, -0.25) is 24.5 Å². The Morgan fingerprint density at radius 3 is 1.25 bits per heavy atom. The monoisotopic (exact) mass is 981 g/mol. The van der Waals surface area contributed by atoms with Crippen LogP contribution in [0.25, 0.3) is 0 Å². The van der Waals surface area contributed by atoms with Gasteiger partial charge >= 0.3 is 11.9 Å². The standard InChI is InChI=1S/C63H104N4O4/c1-5-9-13-17-19-27-41-57(39-25-15-11-7-3)62(68)70-50-35-23-21-33-48-67(49-34-22-24-36-51-71-63(69)58(40-26-16-12-8-4)42-28-20-18-14-10-6-2)61-45-37-38-56(52-61)53-66(54-59-43-29-31-46-64-59)55-60-44-30-32-47-65-60/h29-32,37-38,43-47,52,57-58H,5-28,33-36,39-42,48-51,53-55H2,1-4H3. The maximum absolute atomic E-state index is 13.3. The number of carbonyl (C=O) groups is 2. The molecule has 0 aliphatic rings. The number of rotatable bonds is 47. The van der Waals surface area contributed by atoms with E-state index in [1.165, 1.54) is 114 Å². The minimum atomic E-state index is 0.0448. The van der Waals surface area contributed by atoms with Crippen molar-refractivity contribution in [2.75, 3.05) is 31.2 Å². The molecule has 71 heavy (non-hydrogen) atoms. The summed E-state index contributed by atoms with van der Waals surface area (Å²) in [6, 6.07) is 21.4. The topological polar surface area (TPSA) is 84.9 Å². The predicted molar refractivity (Wildman–Crippen MR) is 299 cm³/mol. The van der Waals surface area contributed by atoms with Crippen LogP contribution in [0, 0.1) is 11.8 Å².